The largest absolute Gasteiger partial charge is 0.366 e. The first-order valence-electron chi connectivity index (χ1n) is 12.3. The quantitative estimate of drug-likeness (QED) is 0.431. The van der Waals surface area contributed by atoms with E-state index in [1.54, 1.807) is 5.56 Å². The molecule has 1 saturated carbocycles. The van der Waals surface area contributed by atoms with Gasteiger partial charge in [-0.1, -0.05) is 81.7 Å². The second-order valence-corrected chi connectivity index (χ2v) is 12.5. The van der Waals surface area contributed by atoms with Crippen molar-refractivity contribution < 1.29 is 0 Å². The van der Waals surface area contributed by atoms with E-state index in [1.165, 1.54) is 38.5 Å². The van der Waals surface area contributed by atoms with Crippen molar-refractivity contribution in [3.05, 3.63) is 35.9 Å². The number of likely N-dealkylation sites (tertiary alicyclic amines) is 1. The standard InChI is InChI=1S/C26H41N3S2/c1-4-31-29-21-11-8-15-26(17-21,20-9-6-5-7-10-20)18-22(29)12-13-24(30)28-16-14-23(27)25(2,3)19-28/h5-7,9-10,21-23H,4,8,11-19,27H2,1-3H3/t21?,22?,23-,26?/m0/s1. The van der Waals surface area contributed by atoms with Gasteiger partial charge < -0.3 is 10.6 Å². The van der Waals surface area contributed by atoms with Crippen molar-refractivity contribution in [2.75, 3.05) is 18.8 Å². The highest BCUT2D eigenvalue weighted by Crippen LogP contribution is 2.51. The number of hydrogen-bond acceptors (Lipinski definition) is 4. The minimum atomic E-state index is 0.144. The van der Waals surface area contributed by atoms with Gasteiger partial charge in [-0.05, 0) is 61.3 Å². The van der Waals surface area contributed by atoms with E-state index in [9.17, 15) is 0 Å². The van der Waals surface area contributed by atoms with Gasteiger partial charge >= 0.3 is 0 Å². The van der Waals surface area contributed by atoms with Crippen molar-refractivity contribution in [2.24, 2.45) is 11.1 Å². The Balaban J connectivity index is 1.47. The summed E-state index contributed by atoms with van der Waals surface area (Å²) in [4.78, 5) is 3.61. The molecule has 31 heavy (non-hydrogen) atoms. The average molecular weight is 460 g/mol. The van der Waals surface area contributed by atoms with Gasteiger partial charge in [0.05, 0.1) is 4.99 Å². The van der Waals surface area contributed by atoms with Crippen LogP contribution in [0, 0.1) is 5.41 Å². The van der Waals surface area contributed by atoms with E-state index in [1.807, 2.05) is 0 Å². The summed E-state index contributed by atoms with van der Waals surface area (Å²) in [5.41, 5.74) is 8.44. The first kappa shape index (κ1) is 23.5. The molecule has 2 saturated heterocycles. The van der Waals surface area contributed by atoms with Crippen LogP contribution in [0.2, 0.25) is 0 Å². The monoisotopic (exact) mass is 459 g/mol. The van der Waals surface area contributed by atoms with Crippen LogP contribution in [0.4, 0.5) is 0 Å². The molecule has 1 aromatic carbocycles. The zero-order valence-electron chi connectivity index (χ0n) is 19.7. The second-order valence-electron chi connectivity index (χ2n) is 10.8. The number of nitrogens with zero attached hydrogens (tertiary/aromatic N) is 2. The molecule has 3 unspecified atom stereocenters. The lowest BCUT2D eigenvalue weighted by Crippen LogP contribution is -2.55. The Morgan fingerprint density at radius 1 is 1.19 bits per heavy atom. The molecule has 1 aliphatic carbocycles. The van der Waals surface area contributed by atoms with Crippen LogP contribution >= 0.6 is 24.2 Å². The molecule has 4 rings (SSSR count). The van der Waals surface area contributed by atoms with Gasteiger partial charge in [0.25, 0.3) is 0 Å². The SMILES string of the molecule is CCSN1C2CCCC(c3ccccc3)(C2)CC1CCC(=S)N1CC[C@H](N)C(C)(C)C1. The van der Waals surface area contributed by atoms with Crippen molar-refractivity contribution in [1.29, 1.82) is 0 Å². The summed E-state index contributed by atoms with van der Waals surface area (Å²) in [6.45, 7) is 8.91. The number of benzene rings is 1. The van der Waals surface area contributed by atoms with Crippen molar-refractivity contribution in [3.8, 4) is 0 Å². The zero-order valence-corrected chi connectivity index (χ0v) is 21.3. The van der Waals surface area contributed by atoms with E-state index in [4.69, 9.17) is 18.0 Å². The molecule has 3 fully saturated rings. The van der Waals surface area contributed by atoms with Crippen LogP contribution in [0.5, 0.6) is 0 Å². The fourth-order valence-electron chi connectivity index (χ4n) is 6.37. The minimum Gasteiger partial charge on any atom is -0.366 e. The predicted molar refractivity (Wildman–Crippen MR) is 139 cm³/mol. The molecule has 2 bridgehead atoms. The molecule has 3 aliphatic rings. The van der Waals surface area contributed by atoms with E-state index in [0.29, 0.717) is 17.5 Å². The zero-order chi connectivity index (χ0) is 22.1. The third-order valence-electron chi connectivity index (χ3n) is 8.19. The van der Waals surface area contributed by atoms with E-state index in [-0.39, 0.29) is 11.5 Å². The first-order valence-corrected chi connectivity index (χ1v) is 13.7. The Kier molecular flexibility index (Phi) is 7.37. The molecule has 3 nitrogen and oxygen atoms in total. The first-order chi connectivity index (χ1) is 14.8. The molecule has 0 aromatic heterocycles. The summed E-state index contributed by atoms with van der Waals surface area (Å²) in [5, 5.41) is 0. The van der Waals surface area contributed by atoms with E-state index in [2.05, 4.69) is 72.3 Å². The number of thiocarbonyl (C=S) groups is 1. The van der Waals surface area contributed by atoms with Crippen molar-refractivity contribution in [2.45, 2.75) is 95.7 Å². The maximum absolute atomic E-state index is 6.36. The molecule has 2 aliphatic heterocycles. The fraction of sp³-hybridized carbons (Fsp3) is 0.731. The Morgan fingerprint density at radius 2 is 1.97 bits per heavy atom. The molecule has 2 N–H and O–H groups in total. The molecule has 2 heterocycles. The number of hydrogen-bond donors (Lipinski definition) is 1. The highest BCUT2D eigenvalue weighted by Gasteiger charge is 2.47. The van der Waals surface area contributed by atoms with E-state index in [0.717, 1.165) is 36.7 Å². The van der Waals surface area contributed by atoms with Gasteiger partial charge in [-0.25, -0.2) is 4.31 Å². The summed E-state index contributed by atoms with van der Waals surface area (Å²) >= 11 is 8.04. The molecule has 0 amide bonds. The van der Waals surface area contributed by atoms with Gasteiger partial charge in [0, 0.05) is 37.0 Å². The van der Waals surface area contributed by atoms with E-state index >= 15 is 0 Å². The number of rotatable bonds is 6. The summed E-state index contributed by atoms with van der Waals surface area (Å²) in [5.74, 6) is 1.16. The van der Waals surface area contributed by atoms with Crippen molar-refractivity contribution >= 4 is 29.2 Å². The molecule has 5 heteroatoms. The lowest BCUT2D eigenvalue weighted by Gasteiger charge is -2.54. The lowest BCUT2D eigenvalue weighted by molar-refractivity contribution is 0.0694. The van der Waals surface area contributed by atoms with Crippen molar-refractivity contribution in [3.63, 3.8) is 0 Å². The number of nitrogens with two attached hydrogens (primary N) is 1. The third kappa shape index (κ3) is 5.00. The van der Waals surface area contributed by atoms with Crippen LogP contribution in [0.15, 0.2) is 30.3 Å². The lowest BCUT2D eigenvalue weighted by atomic mass is 9.62. The van der Waals surface area contributed by atoms with Crippen LogP contribution in [-0.4, -0.2) is 51.2 Å². The molecule has 0 spiro atoms. The molecule has 4 atom stereocenters. The third-order valence-corrected chi connectivity index (χ3v) is 9.80. The normalized spacial score (nSPS) is 33.3. The summed E-state index contributed by atoms with van der Waals surface area (Å²) in [6.07, 6.45) is 9.91. The molecule has 172 valence electrons. The topological polar surface area (TPSA) is 32.5 Å². The highest BCUT2D eigenvalue weighted by molar-refractivity contribution is 7.97. The Hall–Kier alpha value is -0.620. The molecular weight excluding hydrogens is 418 g/mol. The highest BCUT2D eigenvalue weighted by atomic mass is 32.2. The van der Waals surface area contributed by atoms with Crippen LogP contribution in [0.25, 0.3) is 0 Å². The average Bonchev–Trinajstić information content (AvgIpc) is 2.77. The smallest absolute Gasteiger partial charge is 0.0780 e. The van der Waals surface area contributed by atoms with Gasteiger partial charge in [0.15, 0.2) is 0 Å². The molecule has 1 aromatic rings. The Bertz CT molecular complexity index is 752. The van der Waals surface area contributed by atoms with Crippen LogP contribution in [0.3, 0.4) is 0 Å². The fourth-order valence-corrected chi connectivity index (χ4v) is 7.72. The van der Waals surface area contributed by atoms with Gasteiger partial charge in [0.1, 0.15) is 0 Å². The Labute approximate surface area is 199 Å². The number of piperidine rings is 2. The van der Waals surface area contributed by atoms with Crippen LogP contribution in [-0.2, 0) is 5.41 Å². The van der Waals surface area contributed by atoms with Crippen LogP contribution in [0.1, 0.15) is 77.7 Å². The van der Waals surface area contributed by atoms with E-state index < -0.39 is 0 Å². The van der Waals surface area contributed by atoms with Crippen LogP contribution < -0.4 is 5.73 Å². The number of fused-ring (bicyclic) bond motifs is 2. The minimum absolute atomic E-state index is 0.144. The molecular formula is C26H41N3S2. The predicted octanol–water partition coefficient (Wildman–Crippen LogP) is 5.78. The second kappa shape index (κ2) is 9.70. The summed E-state index contributed by atoms with van der Waals surface area (Å²) in [6, 6.07) is 13.0. The van der Waals surface area contributed by atoms with Gasteiger partial charge in [-0.3, -0.25) is 0 Å². The van der Waals surface area contributed by atoms with Gasteiger partial charge in [-0.2, -0.15) is 0 Å². The molecule has 0 radical (unpaired) electrons. The maximum Gasteiger partial charge on any atom is 0.0780 e. The summed E-state index contributed by atoms with van der Waals surface area (Å²) < 4.78 is 2.79. The maximum atomic E-state index is 6.36. The van der Waals surface area contributed by atoms with Gasteiger partial charge in [0.2, 0.25) is 0 Å². The van der Waals surface area contributed by atoms with Crippen molar-refractivity contribution in [1.82, 2.24) is 9.21 Å². The summed E-state index contributed by atoms with van der Waals surface area (Å²) in [7, 11) is 0. The van der Waals surface area contributed by atoms with Gasteiger partial charge in [-0.15, -0.1) is 0 Å². The Morgan fingerprint density at radius 3 is 2.68 bits per heavy atom.